The summed E-state index contributed by atoms with van der Waals surface area (Å²) < 4.78 is 35.8. The molecule has 0 spiro atoms. The van der Waals surface area contributed by atoms with Gasteiger partial charge in [0.1, 0.15) is 11.4 Å². The maximum absolute atomic E-state index is 12.7. The number of anilines is 1. The molecule has 13 heteroatoms. The number of halogens is 1. The maximum Gasteiger partial charge on any atom is 0.282 e. The molecular formula is C23H26ClN7O3S2. The van der Waals surface area contributed by atoms with E-state index in [2.05, 4.69) is 10.3 Å². The van der Waals surface area contributed by atoms with Gasteiger partial charge in [-0.3, -0.25) is 4.40 Å². The summed E-state index contributed by atoms with van der Waals surface area (Å²) in [5, 5.41) is 5.67. The molecule has 3 aromatic heterocycles. The predicted octanol–water partition coefficient (Wildman–Crippen LogP) is 3.87. The highest BCUT2D eigenvalue weighted by molar-refractivity contribution is 7.86. The smallest absolute Gasteiger partial charge is 0.282 e. The summed E-state index contributed by atoms with van der Waals surface area (Å²) in [5.74, 6) is 0.981. The summed E-state index contributed by atoms with van der Waals surface area (Å²) in [6.07, 6.45) is 4.45. The highest BCUT2D eigenvalue weighted by Crippen LogP contribution is 2.36. The summed E-state index contributed by atoms with van der Waals surface area (Å²) >= 11 is 7.77. The van der Waals surface area contributed by atoms with Crippen LogP contribution in [0.15, 0.2) is 42.0 Å². The van der Waals surface area contributed by atoms with Crippen LogP contribution in [0.3, 0.4) is 0 Å². The third-order valence-electron chi connectivity index (χ3n) is 6.05. The lowest BCUT2D eigenvalue weighted by Crippen LogP contribution is -2.50. The number of benzene rings is 1. The Morgan fingerprint density at radius 3 is 2.83 bits per heavy atom. The largest absolute Gasteiger partial charge is 0.495 e. The third-order valence-corrected chi connectivity index (χ3v) is 9.23. The number of aromatic nitrogens is 4. The van der Waals surface area contributed by atoms with Gasteiger partial charge in [0.25, 0.3) is 10.2 Å². The van der Waals surface area contributed by atoms with Gasteiger partial charge in [-0.15, -0.1) is 11.3 Å². The number of thiazole rings is 1. The molecule has 36 heavy (non-hydrogen) atoms. The van der Waals surface area contributed by atoms with Crippen molar-refractivity contribution >= 4 is 44.1 Å². The van der Waals surface area contributed by atoms with Gasteiger partial charge < -0.3 is 10.1 Å². The Labute approximate surface area is 218 Å². The van der Waals surface area contributed by atoms with Crippen molar-refractivity contribution < 1.29 is 13.2 Å². The highest BCUT2D eigenvalue weighted by Gasteiger charge is 2.31. The molecule has 1 aliphatic rings. The Morgan fingerprint density at radius 2 is 2.03 bits per heavy atom. The number of rotatable bonds is 8. The lowest BCUT2D eigenvalue weighted by molar-refractivity contribution is 0.295. The van der Waals surface area contributed by atoms with Gasteiger partial charge in [-0.25, -0.2) is 15.0 Å². The fourth-order valence-electron chi connectivity index (χ4n) is 4.27. The zero-order valence-corrected chi connectivity index (χ0v) is 22.3. The van der Waals surface area contributed by atoms with Crippen LogP contribution >= 0.6 is 22.9 Å². The number of ether oxygens (including phenoxy) is 1. The van der Waals surface area contributed by atoms with Crippen LogP contribution in [0.25, 0.3) is 27.6 Å². The molecule has 0 unspecified atom stereocenters. The summed E-state index contributed by atoms with van der Waals surface area (Å²) in [7, 11) is -1.84. The van der Waals surface area contributed by atoms with E-state index in [0.717, 1.165) is 28.3 Å². The maximum atomic E-state index is 12.7. The van der Waals surface area contributed by atoms with Gasteiger partial charge in [-0.05, 0) is 24.6 Å². The highest BCUT2D eigenvalue weighted by atomic mass is 35.5. The van der Waals surface area contributed by atoms with E-state index in [4.69, 9.17) is 26.3 Å². The topological polar surface area (TPSA) is 105 Å². The number of imidazole rings is 1. The lowest BCUT2D eigenvalue weighted by atomic mass is 10.1. The quantitative estimate of drug-likeness (QED) is 0.357. The molecule has 190 valence electrons. The number of nitrogens with zero attached hydrogens (tertiary/aromatic N) is 6. The molecule has 0 saturated carbocycles. The minimum atomic E-state index is -3.42. The Morgan fingerprint density at radius 1 is 1.19 bits per heavy atom. The number of methoxy groups -OCH3 is 1. The first kappa shape index (κ1) is 24.9. The molecule has 4 heterocycles. The van der Waals surface area contributed by atoms with Crippen molar-refractivity contribution in [1.29, 1.82) is 0 Å². The van der Waals surface area contributed by atoms with Gasteiger partial charge in [-0.1, -0.05) is 24.6 Å². The Balaban J connectivity index is 1.41. The number of nitrogens with one attached hydrogen (secondary N) is 1. The average molecular weight is 548 g/mol. The number of fused-ring (bicyclic) bond motifs is 1. The van der Waals surface area contributed by atoms with Gasteiger partial charge in [0, 0.05) is 56.1 Å². The van der Waals surface area contributed by atoms with E-state index in [1.54, 1.807) is 19.4 Å². The first-order valence-electron chi connectivity index (χ1n) is 11.5. The summed E-state index contributed by atoms with van der Waals surface area (Å²) in [4.78, 5) is 14.7. The van der Waals surface area contributed by atoms with E-state index in [1.165, 1.54) is 19.9 Å². The number of hydrogen-bond acceptors (Lipinski definition) is 8. The van der Waals surface area contributed by atoms with Gasteiger partial charge in [-0.2, -0.15) is 17.0 Å². The number of hydrogen-bond donors (Lipinski definition) is 1. The van der Waals surface area contributed by atoms with E-state index in [9.17, 15) is 8.42 Å². The molecule has 1 fully saturated rings. The van der Waals surface area contributed by atoms with Crippen molar-refractivity contribution in [1.82, 2.24) is 28.0 Å². The fraction of sp³-hybridized carbons (Fsp3) is 0.348. The normalized spacial score (nSPS) is 16.4. The zero-order chi connectivity index (χ0) is 25.3. The molecule has 1 N–H and O–H groups in total. The van der Waals surface area contributed by atoms with E-state index in [0.29, 0.717) is 55.1 Å². The van der Waals surface area contributed by atoms with Crippen LogP contribution in [-0.4, -0.2) is 76.2 Å². The second-order valence-electron chi connectivity index (χ2n) is 8.16. The second kappa shape index (κ2) is 10.3. The molecule has 1 aliphatic heterocycles. The van der Waals surface area contributed by atoms with Crippen molar-refractivity contribution in [2.24, 2.45) is 0 Å². The molecule has 0 atom stereocenters. The third kappa shape index (κ3) is 4.66. The van der Waals surface area contributed by atoms with Crippen LogP contribution in [0.2, 0.25) is 5.02 Å². The van der Waals surface area contributed by atoms with E-state index < -0.39 is 10.2 Å². The standard InChI is InChI=1S/C23H26ClN7O3S2/c1-3-29-10-4-11-30(36(29,32)33)12-9-26-22-25-8-7-18(27-22)21-20(28-23-31(21)13-14-35-23)16-5-6-17(24)19(15-16)34-2/h5-8,13-15H,3-4,9-12H2,1-2H3,(H,25,26,27). The SMILES string of the molecule is CCN1CCCN(CCNc2nccc(-c3c(-c4ccc(Cl)c(OC)c4)nc4sccn34)n2)S1(=O)=O. The van der Waals surface area contributed by atoms with Crippen molar-refractivity contribution in [3.05, 3.63) is 47.1 Å². The monoisotopic (exact) mass is 547 g/mol. The van der Waals surface area contributed by atoms with Crippen LogP contribution in [0.5, 0.6) is 5.75 Å². The molecule has 5 rings (SSSR count). The van der Waals surface area contributed by atoms with Crippen molar-refractivity contribution in [3.63, 3.8) is 0 Å². The Kier molecular flexibility index (Phi) is 7.13. The first-order valence-corrected chi connectivity index (χ1v) is 14.2. The van der Waals surface area contributed by atoms with Crippen molar-refractivity contribution in [2.75, 3.05) is 45.2 Å². The van der Waals surface area contributed by atoms with E-state index in [-0.39, 0.29) is 0 Å². The zero-order valence-electron chi connectivity index (χ0n) is 19.9. The van der Waals surface area contributed by atoms with Crippen LogP contribution in [0.4, 0.5) is 5.95 Å². The van der Waals surface area contributed by atoms with Crippen LogP contribution in [0.1, 0.15) is 13.3 Å². The fourth-order valence-corrected chi connectivity index (χ4v) is 6.88. The Hall–Kier alpha value is -2.77. The van der Waals surface area contributed by atoms with Gasteiger partial charge in [0.15, 0.2) is 4.96 Å². The molecule has 4 aromatic rings. The van der Waals surface area contributed by atoms with Gasteiger partial charge >= 0.3 is 0 Å². The summed E-state index contributed by atoms with van der Waals surface area (Å²) in [6.45, 7) is 4.14. The molecule has 0 radical (unpaired) electrons. The van der Waals surface area contributed by atoms with E-state index in [1.807, 2.05) is 41.1 Å². The first-order chi connectivity index (χ1) is 17.4. The van der Waals surface area contributed by atoms with Gasteiger partial charge in [0.05, 0.1) is 23.5 Å². The Bertz CT molecular complexity index is 1490. The van der Waals surface area contributed by atoms with Crippen LogP contribution in [-0.2, 0) is 10.2 Å². The molecular weight excluding hydrogens is 522 g/mol. The average Bonchev–Trinajstić information content (AvgIpc) is 3.47. The molecule has 1 aromatic carbocycles. The van der Waals surface area contributed by atoms with E-state index >= 15 is 0 Å². The van der Waals surface area contributed by atoms with Crippen LogP contribution in [0, 0.1) is 0 Å². The van der Waals surface area contributed by atoms with Gasteiger partial charge in [0.2, 0.25) is 5.95 Å². The minimum Gasteiger partial charge on any atom is -0.495 e. The lowest BCUT2D eigenvalue weighted by Gasteiger charge is -2.33. The molecule has 0 aliphatic carbocycles. The minimum absolute atomic E-state index is 0.337. The molecule has 1 saturated heterocycles. The second-order valence-corrected chi connectivity index (χ2v) is 11.4. The molecule has 0 bridgehead atoms. The van der Waals surface area contributed by atoms with Crippen molar-refractivity contribution in [3.8, 4) is 28.4 Å². The van der Waals surface area contributed by atoms with Crippen molar-refractivity contribution in [2.45, 2.75) is 13.3 Å². The summed E-state index contributed by atoms with van der Waals surface area (Å²) in [6, 6.07) is 7.38. The van der Waals surface area contributed by atoms with Crippen LogP contribution < -0.4 is 10.1 Å². The predicted molar refractivity (Wildman–Crippen MR) is 142 cm³/mol. The molecule has 0 amide bonds. The molecule has 10 nitrogen and oxygen atoms in total. The summed E-state index contributed by atoms with van der Waals surface area (Å²) in [5.41, 5.74) is 3.11.